The van der Waals surface area contributed by atoms with Gasteiger partial charge in [-0.25, -0.2) is 13.6 Å². The molecule has 27 heavy (non-hydrogen) atoms. The number of amides is 1. The average Bonchev–Trinajstić information content (AvgIpc) is 2.61. The van der Waals surface area contributed by atoms with Gasteiger partial charge in [0.1, 0.15) is 0 Å². The molecule has 4 N–H and O–H groups in total. The number of nitrogens with two attached hydrogens (primary N) is 1. The molecule has 2 unspecified atom stereocenters. The first-order valence-corrected chi connectivity index (χ1v) is 10.5. The van der Waals surface area contributed by atoms with Crippen LogP contribution in [0.3, 0.4) is 0 Å². The smallest absolute Gasteiger partial charge is 0.241 e. The van der Waals surface area contributed by atoms with Gasteiger partial charge in [0.25, 0.3) is 0 Å². The molecule has 0 bridgehead atoms. The lowest BCUT2D eigenvalue weighted by atomic mass is 9.96. The van der Waals surface area contributed by atoms with Gasteiger partial charge in [0, 0.05) is 11.7 Å². The van der Waals surface area contributed by atoms with Crippen LogP contribution in [0, 0.1) is 5.92 Å². The van der Waals surface area contributed by atoms with E-state index in [-0.39, 0.29) is 16.8 Å². The molecule has 0 heterocycles. The third-order valence-electron chi connectivity index (χ3n) is 4.20. The largest absolute Gasteiger partial charge is 0.325 e. The molecule has 2 aromatic rings. The van der Waals surface area contributed by atoms with Crippen molar-refractivity contribution >= 4 is 21.6 Å². The number of benzene rings is 2. The first-order chi connectivity index (χ1) is 12.7. The van der Waals surface area contributed by atoms with E-state index >= 15 is 0 Å². The molecule has 0 aliphatic carbocycles. The summed E-state index contributed by atoms with van der Waals surface area (Å²) in [4.78, 5) is 12.5. The van der Waals surface area contributed by atoms with Gasteiger partial charge in [-0.3, -0.25) is 10.1 Å². The van der Waals surface area contributed by atoms with Crippen LogP contribution in [0.15, 0.2) is 59.5 Å². The van der Waals surface area contributed by atoms with E-state index in [2.05, 4.69) is 36.6 Å². The minimum Gasteiger partial charge on any atom is -0.325 e. The quantitative estimate of drug-likeness (QED) is 0.646. The number of carbonyl (C=O) groups excluding carboxylic acids is 1. The number of primary sulfonamides is 1. The van der Waals surface area contributed by atoms with Crippen molar-refractivity contribution in [3.63, 3.8) is 0 Å². The number of carbonyl (C=O) groups is 1. The highest BCUT2D eigenvalue weighted by atomic mass is 32.2. The lowest BCUT2D eigenvalue weighted by Crippen LogP contribution is -2.40. The summed E-state index contributed by atoms with van der Waals surface area (Å²) in [6, 6.07) is 15.5. The molecule has 0 spiro atoms. The number of nitrogens with one attached hydrogen (secondary N) is 2. The zero-order valence-electron chi connectivity index (χ0n) is 15.8. The lowest BCUT2D eigenvalue weighted by molar-refractivity contribution is -0.118. The van der Waals surface area contributed by atoms with Crippen molar-refractivity contribution in [2.75, 3.05) is 5.32 Å². The van der Waals surface area contributed by atoms with Crippen molar-refractivity contribution in [2.24, 2.45) is 11.1 Å². The van der Waals surface area contributed by atoms with Gasteiger partial charge in [0.2, 0.25) is 15.9 Å². The third-order valence-corrected chi connectivity index (χ3v) is 5.13. The molecular formula is C20H27N3O3S. The Hall–Kier alpha value is -2.22. The minimum absolute atomic E-state index is 0.00717. The molecule has 7 heteroatoms. The van der Waals surface area contributed by atoms with Crippen LogP contribution in [0.25, 0.3) is 0 Å². The van der Waals surface area contributed by atoms with Crippen LogP contribution in [-0.4, -0.2) is 20.4 Å². The summed E-state index contributed by atoms with van der Waals surface area (Å²) in [6.45, 7) is 6.11. The first kappa shape index (κ1) is 21.1. The molecule has 6 nitrogen and oxygen atoms in total. The molecule has 0 saturated carbocycles. The van der Waals surface area contributed by atoms with Crippen LogP contribution in [0.5, 0.6) is 0 Å². The molecule has 2 atom stereocenters. The lowest BCUT2D eigenvalue weighted by Gasteiger charge is -2.25. The van der Waals surface area contributed by atoms with Gasteiger partial charge in [0.05, 0.1) is 10.9 Å². The molecule has 0 fully saturated rings. The Morgan fingerprint density at radius 3 is 2.11 bits per heavy atom. The van der Waals surface area contributed by atoms with Gasteiger partial charge in [-0.2, -0.15) is 0 Å². The Balaban J connectivity index is 2.04. The maximum Gasteiger partial charge on any atom is 0.241 e. The molecule has 0 aliphatic heterocycles. The molecule has 0 aliphatic rings. The Morgan fingerprint density at radius 2 is 1.59 bits per heavy atom. The molecule has 0 aromatic heterocycles. The predicted octanol–water partition coefficient (Wildman–Crippen LogP) is 3.04. The molecule has 0 radical (unpaired) electrons. The Kier molecular flexibility index (Phi) is 7.12. The van der Waals surface area contributed by atoms with Crippen molar-refractivity contribution in [2.45, 2.75) is 44.2 Å². The zero-order chi connectivity index (χ0) is 20.0. The number of anilines is 1. The second kappa shape index (κ2) is 9.12. The molecule has 146 valence electrons. The van der Waals surface area contributed by atoms with Gasteiger partial charge in [-0.05, 0) is 49.1 Å². The number of hydrogen-bond donors (Lipinski definition) is 3. The van der Waals surface area contributed by atoms with Crippen LogP contribution >= 0.6 is 0 Å². The van der Waals surface area contributed by atoms with Gasteiger partial charge < -0.3 is 5.32 Å². The van der Waals surface area contributed by atoms with Crippen LogP contribution in [0.2, 0.25) is 0 Å². The monoisotopic (exact) mass is 389 g/mol. The summed E-state index contributed by atoms with van der Waals surface area (Å²) in [5.74, 6) is 0.284. The van der Waals surface area contributed by atoms with Crippen molar-refractivity contribution < 1.29 is 13.2 Å². The third kappa shape index (κ3) is 6.46. The highest BCUT2D eigenvalue weighted by Crippen LogP contribution is 2.22. The Morgan fingerprint density at radius 1 is 1.00 bits per heavy atom. The Labute approximate surface area is 161 Å². The van der Waals surface area contributed by atoms with Crippen LogP contribution < -0.4 is 15.8 Å². The standard InChI is InChI=1S/C20H27N3O3S/c1-14(2)13-19(16-7-5-4-6-8-16)22-15(3)20(24)23-17-9-11-18(12-10-17)27(21,25)26/h4-12,14-15,19,22H,13H2,1-3H3,(H,23,24)(H2,21,25,26). The predicted molar refractivity (Wildman–Crippen MR) is 108 cm³/mol. The topological polar surface area (TPSA) is 101 Å². The summed E-state index contributed by atoms with van der Waals surface area (Å²) >= 11 is 0. The summed E-state index contributed by atoms with van der Waals surface area (Å²) < 4.78 is 22.6. The number of sulfonamides is 1. The maximum absolute atomic E-state index is 12.5. The summed E-state index contributed by atoms with van der Waals surface area (Å²) in [5, 5.41) is 11.3. The highest BCUT2D eigenvalue weighted by molar-refractivity contribution is 7.89. The van der Waals surface area contributed by atoms with Crippen LogP contribution in [-0.2, 0) is 14.8 Å². The molecule has 1 amide bonds. The maximum atomic E-state index is 12.5. The van der Waals surface area contributed by atoms with E-state index in [0.29, 0.717) is 11.6 Å². The second-order valence-electron chi connectivity index (χ2n) is 7.04. The van der Waals surface area contributed by atoms with E-state index in [4.69, 9.17) is 5.14 Å². The average molecular weight is 390 g/mol. The van der Waals surface area contributed by atoms with Crippen LogP contribution in [0.1, 0.15) is 38.8 Å². The SMILES string of the molecule is CC(C)CC(NC(C)C(=O)Nc1ccc(S(N)(=O)=O)cc1)c1ccccc1. The highest BCUT2D eigenvalue weighted by Gasteiger charge is 2.20. The van der Waals surface area contributed by atoms with Gasteiger partial charge in [-0.1, -0.05) is 44.2 Å². The first-order valence-electron chi connectivity index (χ1n) is 8.91. The van der Waals surface area contributed by atoms with Gasteiger partial charge in [-0.15, -0.1) is 0 Å². The van der Waals surface area contributed by atoms with Crippen molar-refractivity contribution in [3.05, 3.63) is 60.2 Å². The van der Waals surface area contributed by atoms with E-state index in [0.717, 1.165) is 12.0 Å². The van der Waals surface area contributed by atoms with E-state index in [1.54, 1.807) is 0 Å². The summed E-state index contributed by atoms with van der Waals surface area (Å²) in [6.07, 6.45) is 0.907. The van der Waals surface area contributed by atoms with Crippen molar-refractivity contribution in [1.82, 2.24) is 5.32 Å². The fourth-order valence-electron chi connectivity index (χ4n) is 2.81. The molecular weight excluding hydrogens is 362 g/mol. The summed E-state index contributed by atoms with van der Waals surface area (Å²) in [7, 11) is -3.75. The van der Waals surface area contributed by atoms with E-state index < -0.39 is 16.1 Å². The van der Waals surface area contributed by atoms with E-state index in [1.165, 1.54) is 24.3 Å². The van der Waals surface area contributed by atoms with Gasteiger partial charge in [0.15, 0.2) is 0 Å². The fraction of sp³-hybridized carbons (Fsp3) is 0.350. The second-order valence-corrected chi connectivity index (χ2v) is 8.60. The number of rotatable bonds is 8. The Bertz CT molecular complexity index is 850. The normalized spacial score (nSPS) is 14.0. The fourth-order valence-corrected chi connectivity index (χ4v) is 3.33. The molecule has 0 saturated heterocycles. The van der Waals surface area contributed by atoms with Crippen molar-refractivity contribution in [3.8, 4) is 0 Å². The zero-order valence-corrected chi connectivity index (χ0v) is 16.7. The summed E-state index contributed by atoms with van der Waals surface area (Å²) in [5.41, 5.74) is 1.66. The van der Waals surface area contributed by atoms with E-state index in [1.807, 2.05) is 25.1 Å². The molecule has 2 aromatic carbocycles. The number of hydrogen-bond acceptors (Lipinski definition) is 4. The minimum atomic E-state index is -3.75. The van der Waals surface area contributed by atoms with Crippen molar-refractivity contribution in [1.29, 1.82) is 0 Å². The molecule has 2 rings (SSSR count). The van der Waals surface area contributed by atoms with Gasteiger partial charge >= 0.3 is 0 Å². The van der Waals surface area contributed by atoms with E-state index in [9.17, 15) is 13.2 Å². The van der Waals surface area contributed by atoms with Crippen LogP contribution in [0.4, 0.5) is 5.69 Å².